The van der Waals surface area contributed by atoms with Gasteiger partial charge < -0.3 is 4.98 Å². The Kier molecular flexibility index (Phi) is 4.68. The molecule has 0 spiro atoms. The van der Waals surface area contributed by atoms with Gasteiger partial charge >= 0.3 is 0 Å². The average molecular weight is 362 g/mol. The summed E-state index contributed by atoms with van der Waals surface area (Å²) in [5.41, 5.74) is 4.78. The van der Waals surface area contributed by atoms with E-state index in [0.717, 1.165) is 42.0 Å². The first-order chi connectivity index (χ1) is 13.2. The number of H-pyrrole nitrogens is 1. The van der Waals surface area contributed by atoms with Crippen LogP contribution < -0.4 is 5.56 Å². The standard InChI is InChI=1S/C20H22N6O/c1-3-9-26-14(2)16(11-22-26)12-25-10-6-18-17(13-25)20(27)24-19(23-18)15-4-7-21-8-5-15/h3-5,7-8,11H,1,6,9-10,12-13H2,2H3,(H,23,24,27). The van der Waals surface area contributed by atoms with Gasteiger partial charge in [0.1, 0.15) is 5.82 Å². The zero-order chi connectivity index (χ0) is 18.8. The number of allylic oxidation sites excluding steroid dienone is 1. The summed E-state index contributed by atoms with van der Waals surface area (Å²) in [6.07, 6.45) is 7.91. The van der Waals surface area contributed by atoms with E-state index < -0.39 is 0 Å². The first-order valence-electron chi connectivity index (χ1n) is 9.02. The average Bonchev–Trinajstić information content (AvgIpc) is 3.03. The maximum absolute atomic E-state index is 12.6. The molecular formula is C20H22N6O. The maximum Gasteiger partial charge on any atom is 0.255 e. The van der Waals surface area contributed by atoms with Crippen LogP contribution in [-0.2, 0) is 26.1 Å². The second kappa shape index (κ2) is 7.28. The van der Waals surface area contributed by atoms with Crippen molar-refractivity contribution in [2.75, 3.05) is 6.54 Å². The molecule has 0 aliphatic carbocycles. The van der Waals surface area contributed by atoms with Crippen molar-refractivity contribution in [2.24, 2.45) is 0 Å². The summed E-state index contributed by atoms with van der Waals surface area (Å²) < 4.78 is 1.94. The van der Waals surface area contributed by atoms with E-state index in [1.165, 1.54) is 5.56 Å². The van der Waals surface area contributed by atoms with E-state index in [4.69, 9.17) is 4.98 Å². The molecule has 0 amide bonds. The van der Waals surface area contributed by atoms with Crippen molar-refractivity contribution in [2.45, 2.75) is 33.0 Å². The van der Waals surface area contributed by atoms with Gasteiger partial charge in [-0.3, -0.25) is 19.4 Å². The lowest BCUT2D eigenvalue weighted by Gasteiger charge is -2.27. The summed E-state index contributed by atoms with van der Waals surface area (Å²) in [4.78, 5) is 26.5. The SMILES string of the molecule is C=CCn1ncc(CN2CCc3nc(-c4ccncc4)[nH]c(=O)c3C2)c1C. The summed E-state index contributed by atoms with van der Waals surface area (Å²) in [6.45, 7) is 8.77. The molecule has 4 heterocycles. The largest absolute Gasteiger partial charge is 0.306 e. The number of hydrogen-bond acceptors (Lipinski definition) is 5. The molecule has 0 aromatic carbocycles. The Morgan fingerprint density at radius 1 is 1.33 bits per heavy atom. The molecular weight excluding hydrogens is 340 g/mol. The van der Waals surface area contributed by atoms with Gasteiger partial charge in [0.15, 0.2) is 0 Å². The highest BCUT2D eigenvalue weighted by molar-refractivity contribution is 5.54. The number of rotatable bonds is 5. The molecule has 138 valence electrons. The lowest BCUT2D eigenvalue weighted by atomic mass is 10.1. The van der Waals surface area contributed by atoms with E-state index in [1.807, 2.05) is 29.1 Å². The minimum Gasteiger partial charge on any atom is -0.306 e. The molecule has 0 saturated carbocycles. The van der Waals surface area contributed by atoms with E-state index in [9.17, 15) is 4.79 Å². The van der Waals surface area contributed by atoms with Crippen molar-refractivity contribution in [3.63, 3.8) is 0 Å². The fourth-order valence-corrected chi connectivity index (χ4v) is 3.45. The zero-order valence-corrected chi connectivity index (χ0v) is 15.4. The minimum atomic E-state index is -0.0596. The third-order valence-corrected chi connectivity index (χ3v) is 5.00. The van der Waals surface area contributed by atoms with Gasteiger partial charge in [-0.05, 0) is 19.1 Å². The summed E-state index contributed by atoms with van der Waals surface area (Å²) in [5, 5.41) is 4.41. The van der Waals surface area contributed by atoms with Crippen LogP contribution in [0.15, 0.2) is 48.2 Å². The van der Waals surface area contributed by atoms with Gasteiger partial charge in [-0.1, -0.05) is 6.08 Å². The van der Waals surface area contributed by atoms with Crippen molar-refractivity contribution >= 4 is 0 Å². The highest BCUT2D eigenvalue weighted by Crippen LogP contribution is 2.20. The van der Waals surface area contributed by atoms with Gasteiger partial charge in [-0.15, -0.1) is 6.58 Å². The first-order valence-corrected chi connectivity index (χ1v) is 9.02. The fraction of sp³-hybridized carbons (Fsp3) is 0.300. The van der Waals surface area contributed by atoms with Gasteiger partial charge in [0.05, 0.1) is 24.0 Å². The molecule has 27 heavy (non-hydrogen) atoms. The zero-order valence-electron chi connectivity index (χ0n) is 15.4. The summed E-state index contributed by atoms with van der Waals surface area (Å²) in [5.74, 6) is 0.608. The number of nitrogens with one attached hydrogen (secondary N) is 1. The number of fused-ring (bicyclic) bond motifs is 1. The molecule has 0 bridgehead atoms. The third-order valence-electron chi connectivity index (χ3n) is 5.00. The minimum absolute atomic E-state index is 0.0596. The van der Waals surface area contributed by atoms with E-state index in [0.29, 0.717) is 18.9 Å². The van der Waals surface area contributed by atoms with Crippen molar-refractivity contribution in [1.82, 2.24) is 29.6 Å². The monoisotopic (exact) mass is 362 g/mol. The highest BCUT2D eigenvalue weighted by atomic mass is 16.1. The number of aromatic nitrogens is 5. The smallest absolute Gasteiger partial charge is 0.255 e. The van der Waals surface area contributed by atoms with Gasteiger partial charge in [0.25, 0.3) is 5.56 Å². The van der Waals surface area contributed by atoms with E-state index in [2.05, 4.69) is 33.5 Å². The van der Waals surface area contributed by atoms with E-state index >= 15 is 0 Å². The van der Waals surface area contributed by atoms with Crippen molar-refractivity contribution in [1.29, 1.82) is 0 Å². The van der Waals surface area contributed by atoms with Crippen LogP contribution in [0.2, 0.25) is 0 Å². The molecule has 0 fully saturated rings. The Balaban J connectivity index is 1.55. The van der Waals surface area contributed by atoms with Crippen LogP contribution in [0.25, 0.3) is 11.4 Å². The summed E-state index contributed by atoms with van der Waals surface area (Å²) in [6, 6.07) is 3.70. The van der Waals surface area contributed by atoms with Crippen molar-refractivity contribution in [3.05, 3.63) is 76.2 Å². The van der Waals surface area contributed by atoms with Crippen LogP contribution in [0.4, 0.5) is 0 Å². The van der Waals surface area contributed by atoms with Crippen LogP contribution in [-0.4, -0.2) is 36.2 Å². The predicted molar refractivity (Wildman–Crippen MR) is 103 cm³/mol. The normalized spacial score (nSPS) is 14.1. The molecule has 7 nitrogen and oxygen atoms in total. The van der Waals surface area contributed by atoms with Gasteiger partial charge in [0, 0.05) is 55.3 Å². The Labute approximate surface area is 157 Å². The quantitative estimate of drug-likeness (QED) is 0.703. The Morgan fingerprint density at radius 3 is 2.93 bits per heavy atom. The molecule has 1 aliphatic heterocycles. The van der Waals surface area contributed by atoms with Gasteiger partial charge in [0.2, 0.25) is 0 Å². The molecule has 4 rings (SSSR count). The second-order valence-electron chi connectivity index (χ2n) is 6.76. The second-order valence-corrected chi connectivity index (χ2v) is 6.76. The molecule has 0 saturated heterocycles. The van der Waals surface area contributed by atoms with E-state index in [-0.39, 0.29) is 5.56 Å². The molecule has 3 aromatic rings. The van der Waals surface area contributed by atoms with Crippen LogP contribution >= 0.6 is 0 Å². The molecule has 7 heteroatoms. The number of nitrogens with zero attached hydrogens (tertiary/aromatic N) is 5. The molecule has 0 unspecified atom stereocenters. The fourth-order valence-electron chi connectivity index (χ4n) is 3.45. The van der Waals surface area contributed by atoms with E-state index in [1.54, 1.807) is 12.4 Å². The van der Waals surface area contributed by atoms with Gasteiger partial charge in [-0.2, -0.15) is 5.10 Å². The molecule has 3 aromatic heterocycles. The highest BCUT2D eigenvalue weighted by Gasteiger charge is 2.22. The molecule has 0 radical (unpaired) electrons. The molecule has 1 aliphatic rings. The number of pyridine rings is 1. The van der Waals surface area contributed by atoms with Crippen LogP contribution in [0, 0.1) is 6.92 Å². The third kappa shape index (κ3) is 3.46. The summed E-state index contributed by atoms with van der Waals surface area (Å²) in [7, 11) is 0. The van der Waals surface area contributed by atoms with Crippen molar-refractivity contribution < 1.29 is 0 Å². The Morgan fingerprint density at radius 2 is 2.15 bits per heavy atom. The first kappa shape index (κ1) is 17.4. The summed E-state index contributed by atoms with van der Waals surface area (Å²) >= 11 is 0. The molecule has 0 atom stereocenters. The lowest BCUT2D eigenvalue weighted by molar-refractivity contribution is 0.241. The predicted octanol–water partition coefficient (Wildman–Crippen LogP) is 2.08. The number of aromatic amines is 1. The Bertz CT molecular complexity index is 1020. The van der Waals surface area contributed by atoms with Crippen LogP contribution in [0.3, 0.4) is 0 Å². The Hall–Kier alpha value is -3.06. The lowest BCUT2D eigenvalue weighted by Crippen LogP contribution is -2.35. The number of hydrogen-bond donors (Lipinski definition) is 1. The van der Waals surface area contributed by atoms with Crippen LogP contribution in [0.5, 0.6) is 0 Å². The molecule has 1 N–H and O–H groups in total. The topological polar surface area (TPSA) is 79.7 Å². The maximum atomic E-state index is 12.6. The van der Waals surface area contributed by atoms with Gasteiger partial charge in [-0.25, -0.2) is 4.98 Å². The van der Waals surface area contributed by atoms with Crippen molar-refractivity contribution in [3.8, 4) is 11.4 Å². The van der Waals surface area contributed by atoms with Crippen LogP contribution in [0.1, 0.15) is 22.5 Å².